The summed E-state index contributed by atoms with van der Waals surface area (Å²) >= 11 is 0. The molecule has 11 heavy (non-hydrogen) atoms. The van der Waals surface area contributed by atoms with E-state index >= 15 is 0 Å². The SMILES string of the molecule is O=C1/C=C\CC/C=C\CCO1. The second kappa shape index (κ2) is 4.72. The second-order valence-corrected chi connectivity index (χ2v) is 2.41. The highest BCUT2D eigenvalue weighted by atomic mass is 16.5. The van der Waals surface area contributed by atoms with Crippen LogP contribution >= 0.6 is 0 Å². The summed E-state index contributed by atoms with van der Waals surface area (Å²) in [5.74, 6) is -0.222. The molecule has 0 saturated carbocycles. The Kier molecular flexibility index (Phi) is 3.45. The molecule has 0 bridgehead atoms. The third-order valence-electron chi connectivity index (χ3n) is 1.45. The molecule has 0 amide bonds. The number of hydrogen-bond donors (Lipinski definition) is 0. The van der Waals surface area contributed by atoms with Gasteiger partial charge in [-0.3, -0.25) is 0 Å². The Bertz CT molecular complexity index is 180. The molecule has 2 heteroatoms. The van der Waals surface area contributed by atoms with Crippen LogP contribution in [0.1, 0.15) is 19.3 Å². The van der Waals surface area contributed by atoms with E-state index in [4.69, 9.17) is 4.74 Å². The fourth-order valence-corrected chi connectivity index (χ4v) is 0.883. The number of cyclic esters (lactones) is 1. The van der Waals surface area contributed by atoms with Crippen molar-refractivity contribution in [3.05, 3.63) is 24.3 Å². The highest BCUT2D eigenvalue weighted by Gasteiger charge is 1.95. The zero-order valence-corrected chi connectivity index (χ0v) is 6.45. The smallest absolute Gasteiger partial charge is 0.330 e. The van der Waals surface area contributed by atoms with Crippen LogP contribution in [0.2, 0.25) is 0 Å². The van der Waals surface area contributed by atoms with Gasteiger partial charge in [0.1, 0.15) is 0 Å². The highest BCUT2D eigenvalue weighted by molar-refractivity contribution is 5.81. The van der Waals surface area contributed by atoms with Gasteiger partial charge in [0.2, 0.25) is 0 Å². The quantitative estimate of drug-likeness (QED) is 0.391. The standard InChI is InChI=1S/C9H12O2/c10-9-7-5-3-1-2-4-6-8-11-9/h2,4-5,7H,1,3,6,8H2/b4-2-,7-5-. The average molecular weight is 152 g/mol. The third-order valence-corrected chi connectivity index (χ3v) is 1.45. The number of hydrogen-bond acceptors (Lipinski definition) is 2. The Labute approximate surface area is 66.5 Å². The number of esters is 1. The van der Waals surface area contributed by atoms with Gasteiger partial charge < -0.3 is 4.74 Å². The summed E-state index contributed by atoms with van der Waals surface area (Å²) in [6, 6.07) is 0. The lowest BCUT2D eigenvalue weighted by Crippen LogP contribution is -2.01. The van der Waals surface area contributed by atoms with E-state index in [0.717, 1.165) is 19.3 Å². The van der Waals surface area contributed by atoms with Crippen molar-refractivity contribution in [2.24, 2.45) is 0 Å². The molecule has 0 atom stereocenters. The Morgan fingerprint density at radius 2 is 1.82 bits per heavy atom. The normalized spacial score (nSPS) is 25.3. The van der Waals surface area contributed by atoms with Crippen LogP contribution in [-0.4, -0.2) is 12.6 Å². The Balaban J connectivity index is 2.40. The van der Waals surface area contributed by atoms with Gasteiger partial charge in [-0.1, -0.05) is 18.2 Å². The van der Waals surface area contributed by atoms with Gasteiger partial charge in [0.25, 0.3) is 0 Å². The molecule has 0 spiro atoms. The summed E-state index contributed by atoms with van der Waals surface area (Å²) in [6.45, 7) is 0.500. The molecule has 1 heterocycles. The second-order valence-electron chi connectivity index (χ2n) is 2.41. The number of ether oxygens (including phenoxy) is 1. The van der Waals surface area contributed by atoms with E-state index in [1.807, 2.05) is 12.2 Å². The summed E-state index contributed by atoms with van der Waals surface area (Å²) in [7, 11) is 0. The Morgan fingerprint density at radius 3 is 2.73 bits per heavy atom. The molecule has 0 aliphatic carbocycles. The minimum atomic E-state index is -0.222. The van der Waals surface area contributed by atoms with Gasteiger partial charge in [0.15, 0.2) is 0 Å². The van der Waals surface area contributed by atoms with Gasteiger partial charge in [-0.05, 0) is 19.3 Å². The van der Waals surface area contributed by atoms with Gasteiger partial charge in [0.05, 0.1) is 6.61 Å². The Hall–Kier alpha value is -1.05. The van der Waals surface area contributed by atoms with Crippen LogP contribution in [0.3, 0.4) is 0 Å². The molecular formula is C9H12O2. The van der Waals surface area contributed by atoms with Crippen LogP contribution in [0.25, 0.3) is 0 Å². The number of carbonyl (C=O) groups is 1. The molecule has 1 aliphatic heterocycles. The summed E-state index contributed by atoms with van der Waals surface area (Å²) < 4.78 is 4.84. The van der Waals surface area contributed by atoms with E-state index in [0.29, 0.717) is 6.61 Å². The number of carbonyl (C=O) groups excluding carboxylic acids is 1. The first-order valence-electron chi connectivity index (χ1n) is 3.88. The predicted octanol–water partition coefficient (Wildman–Crippen LogP) is 1.83. The van der Waals surface area contributed by atoms with E-state index in [9.17, 15) is 4.79 Å². The largest absolute Gasteiger partial charge is 0.462 e. The van der Waals surface area contributed by atoms with E-state index in [2.05, 4.69) is 6.08 Å². The maximum atomic E-state index is 10.8. The minimum absolute atomic E-state index is 0.222. The third kappa shape index (κ3) is 3.61. The van der Waals surface area contributed by atoms with E-state index in [1.54, 1.807) is 0 Å². The molecule has 0 aromatic heterocycles. The fourth-order valence-electron chi connectivity index (χ4n) is 0.883. The highest BCUT2D eigenvalue weighted by Crippen LogP contribution is 1.98. The summed E-state index contributed by atoms with van der Waals surface area (Å²) in [4.78, 5) is 10.8. The topological polar surface area (TPSA) is 26.3 Å². The lowest BCUT2D eigenvalue weighted by Gasteiger charge is -1.99. The van der Waals surface area contributed by atoms with E-state index < -0.39 is 0 Å². The minimum Gasteiger partial charge on any atom is -0.462 e. The molecular weight excluding hydrogens is 140 g/mol. The molecule has 0 radical (unpaired) electrons. The summed E-state index contributed by atoms with van der Waals surface area (Å²) in [5.41, 5.74) is 0. The summed E-state index contributed by atoms with van der Waals surface area (Å²) in [6.07, 6.45) is 10.3. The fraction of sp³-hybridized carbons (Fsp3) is 0.444. The monoisotopic (exact) mass is 152 g/mol. The molecule has 0 aromatic carbocycles. The molecule has 0 fully saturated rings. The van der Waals surface area contributed by atoms with Gasteiger partial charge in [-0.25, -0.2) is 4.79 Å². The van der Waals surface area contributed by atoms with Gasteiger partial charge in [0, 0.05) is 6.08 Å². The lowest BCUT2D eigenvalue weighted by atomic mass is 10.2. The molecule has 0 N–H and O–H groups in total. The van der Waals surface area contributed by atoms with Crippen molar-refractivity contribution in [3.8, 4) is 0 Å². The first-order valence-corrected chi connectivity index (χ1v) is 3.88. The maximum absolute atomic E-state index is 10.8. The van der Waals surface area contributed by atoms with Crippen molar-refractivity contribution in [2.75, 3.05) is 6.61 Å². The molecule has 0 unspecified atom stereocenters. The van der Waals surface area contributed by atoms with Gasteiger partial charge in [-0.2, -0.15) is 0 Å². The molecule has 60 valence electrons. The lowest BCUT2D eigenvalue weighted by molar-refractivity contribution is -0.137. The molecule has 0 saturated heterocycles. The molecule has 1 aliphatic rings. The van der Waals surface area contributed by atoms with Crippen molar-refractivity contribution in [1.29, 1.82) is 0 Å². The van der Waals surface area contributed by atoms with E-state index in [-0.39, 0.29) is 5.97 Å². The first kappa shape index (κ1) is 8.05. The number of allylic oxidation sites excluding steroid dienone is 2. The maximum Gasteiger partial charge on any atom is 0.330 e. The molecule has 2 nitrogen and oxygen atoms in total. The van der Waals surface area contributed by atoms with Crippen molar-refractivity contribution in [3.63, 3.8) is 0 Å². The number of rotatable bonds is 0. The van der Waals surface area contributed by atoms with Crippen molar-refractivity contribution >= 4 is 5.97 Å². The van der Waals surface area contributed by atoms with Crippen LogP contribution in [0.4, 0.5) is 0 Å². The van der Waals surface area contributed by atoms with Gasteiger partial charge >= 0.3 is 5.97 Å². The van der Waals surface area contributed by atoms with Crippen LogP contribution < -0.4 is 0 Å². The molecule has 0 aromatic rings. The Morgan fingerprint density at radius 1 is 1.09 bits per heavy atom. The van der Waals surface area contributed by atoms with Crippen LogP contribution in [0, 0.1) is 0 Å². The first-order chi connectivity index (χ1) is 5.39. The van der Waals surface area contributed by atoms with Crippen LogP contribution in [0.15, 0.2) is 24.3 Å². The van der Waals surface area contributed by atoms with Crippen LogP contribution in [0.5, 0.6) is 0 Å². The van der Waals surface area contributed by atoms with Crippen LogP contribution in [-0.2, 0) is 9.53 Å². The van der Waals surface area contributed by atoms with E-state index in [1.165, 1.54) is 6.08 Å². The molecule has 1 rings (SSSR count). The zero-order chi connectivity index (χ0) is 7.94. The summed E-state index contributed by atoms with van der Waals surface area (Å²) in [5, 5.41) is 0. The zero-order valence-electron chi connectivity index (χ0n) is 6.45. The van der Waals surface area contributed by atoms with Crippen molar-refractivity contribution < 1.29 is 9.53 Å². The van der Waals surface area contributed by atoms with Crippen molar-refractivity contribution in [1.82, 2.24) is 0 Å². The average Bonchev–Trinajstić information content (AvgIpc) is 2.03. The van der Waals surface area contributed by atoms with Crippen molar-refractivity contribution in [2.45, 2.75) is 19.3 Å². The predicted molar refractivity (Wildman–Crippen MR) is 43.1 cm³/mol. The van der Waals surface area contributed by atoms with Gasteiger partial charge in [-0.15, -0.1) is 0 Å².